The molecule has 0 saturated heterocycles. The average Bonchev–Trinajstić information content (AvgIpc) is 2.39. The number of hydrogen-bond donors (Lipinski definition) is 1. The molecule has 0 aliphatic heterocycles. The third-order valence-electron chi connectivity index (χ3n) is 2.75. The second kappa shape index (κ2) is 5.33. The number of nitrogens with one attached hydrogen (secondary N) is 1. The number of nitrogens with zero attached hydrogens (tertiary/aromatic N) is 1. The van der Waals surface area contributed by atoms with Gasteiger partial charge in [0, 0.05) is 11.3 Å². The van der Waals surface area contributed by atoms with Crippen LogP contribution < -0.4 is 5.32 Å². The molecule has 3 heteroatoms. The van der Waals surface area contributed by atoms with E-state index in [4.69, 9.17) is 5.26 Å². The molecule has 0 aliphatic rings. The average molecular weight is 240 g/mol. The summed E-state index contributed by atoms with van der Waals surface area (Å²) in [7, 11) is 0. The topological polar surface area (TPSA) is 35.8 Å². The van der Waals surface area contributed by atoms with E-state index >= 15 is 0 Å². The zero-order chi connectivity index (χ0) is 13.0. The summed E-state index contributed by atoms with van der Waals surface area (Å²) >= 11 is 0. The summed E-state index contributed by atoms with van der Waals surface area (Å²) in [6.45, 7) is 1.89. The first-order valence-corrected chi connectivity index (χ1v) is 5.72. The lowest BCUT2D eigenvalue weighted by Gasteiger charge is -2.16. The quantitative estimate of drug-likeness (QED) is 0.884. The fourth-order valence-electron chi connectivity index (χ4n) is 1.83. The minimum absolute atomic E-state index is 0.153. The Bertz CT molecular complexity index is 587. The molecule has 2 aromatic rings. The standard InChI is InChI=1S/C15H13FN2/c1-11(14-7-2-3-8-15(14)16)18-13-6-4-5-12(9-13)10-17/h2-9,11,18H,1H3/t11-/m1/s1. The van der Waals surface area contributed by atoms with Gasteiger partial charge in [-0.1, -0.05) is 24.3 Å². The largest absolute Gasteiger partial charge is 0.378 e. The third kappa shape index (κ3) is 2.67. The molecule has 0 heterocycles. The molecular formula is C15H13FN2. The van der Waals surface area contributed by atoms with Crippen LogP contribution in [0.3, 0.4) is 0 Å². The van der Waals surface area contributed by atoms with Crippen LogP contribution in [0.4, 0.5) is 10.1 Å². The Hall–Kier alpha value is -2.34. The Morgan fingerprint density at radius 2 is 1.94 bits per heavy atom. The lowest BCUT2D eigenvalue weighted by Crippen LogP contribution is -2.08. The van der Waals surface area contributed by atoms with Crippen molar-refractivity contribution < 1.29 is 4.39 Å². The van der Waals surface area contributed by atoms with Gasteiger partial charge in [0.2, 0.25) is 0 Å². The lowest BCUT2D eigenvalue weighted by molar-refractivity contribution is 0.600. The van der Waals surface area contributed by atoms with Crippen LogP contribution in [-0.2, 0) is 0 Å². The molecule has 0 bridgehead atoms. The van der Waals surface area contributed by atoms with Crippen molar-refractivity contribution >= 4 is 5.69 Å². The molecule has 0 spiro atoms. The molecule has 0 saturated carbocycles. The highest BCUT2D eigenvalue weighted by Gasteiger charge is 2.09. The first-order valence-electron chi connectivity index (χ1n) is 5.72. The zero-order valence-corrected chi connectivity index (χ0v) is 10.0. The number of anilines is 1. The molecule has 0 unspecified atom stereocenters. The van der Waals surface area contributed by atoms with Gasteiger partial charge in [-0.2, -0.15) is 5.26 Å². The molecule has 18 heavy (non-hydrogen) atoms. The summed E-state index contributed by atoms with van der Waals surface area (Å²) in [4.78, 5) is 0. The molecule has 1 atom stereocenters. The van der Waals surface area contributed by atoms with Crippen molar-refractivity contribution in [2.24, 2.45) is 0 Å². The van der Waals surface area contributed by atoms with E-state index in [1.165, 1.54) is 6.07 Å². The maximum absolute atomic E-state index is 13.6. The summed E-state index contributed by atoms with van der Waals surface area (Å²) in [5, 5.41) is 12.0. The van der Waals surface area contributed by atoms with Crippen molar-refractivity contribution in [2.75, 3.05) is 5.32 Å². The molecule has 0 aliphatic carbocycles. The molecule has 1 N–H and O–H groups in total. The van der Waals surface area contributed by atoms with Crippen LogP contribution in [-0.4, -0.2) is 0 Å². The summed E-state index contributed by atoms with van der Waals surface area (Å²) in [5.74, 6) is -0.228. The van der Waals surface area contributed by atoms with Gasteiger partial charge in [0.25, 0.3) is 0 Å². The molecule has 2 rings (SSSR count). The van der Waals surface area contributed by atoms with Crippen LogP contribution in [0.25, 0.3) is 0 Å². The Kier molecular flexibility index (Phi) is 3.59. The smallest absolute Gasteiger partial charge is 0.128 e. The van der Waals surface area contributed by atoms with E-state index in [1.54, 1.807) is 30.3 Å². The monoisotopic (exact) mass is 240 g/mol. The number of rotatable bonds is 3. The second-order valence-electron chi connectivity index (χ2n) is 4.08. The van der Waals surface area contributed by atoms with Crippen LogP contribution in [0.15, 0.2) is 48.5 Å². The lowest BCUT2D eigenvalue weighted by atomic mass is 10.1. The van der Waals surface area contributed by atoms with Crippen molar-refractivity contribution in [2.45, 2.75) is 13.0 Å². The fraction of sp³-hybridized carbons (Fsp3) is 0.133. The summed E-state index contributed by atoms with van der Waals surface area (Å²) in [6.07, 6.45) is 0. The van der Waals surface area contributed by atoms with Crippen molar-refractivity contribution in [1.82, 2.24) is 0 Å². The van der Waals surface area contributed by atoms with E-state index in [0.717, 1.165) is 5.69 Å². The van der Waals surface area contributed by atoms with Gasteiger partial charge in [0.1, 0.15) is 5.82 Å². The van der Waals surface area contributed by atoms with Crippen LogP contribution in [0, 0.1) is 17.1 Å². The Morgan fingerprint density at radius 3 is 2.67 bits per heavy atom. The van der Waals surface area contributed by atoms with Crippen molar-refractivity contribution in [3.05, 3.63) is 65.5 Å². The minimum atomic E-state index is -0.228. The first kappa shape index (κ1) is 12.1. The molecule has 2 nitrogen and oxygen atoms in total. The summed E-state index contributed by atoms with van der Waals surface area (Å²) in [6, 6.07) is 15.7. The minimum Gasteiger partial charge on any atom is -0.378 e. The number of nitriles is 1. The zero-order valence-electron chi connectivity index (χ0n) is 10.0. The molecule has 2 aromatic carbocycles. The van der Waals surface area contributed by atoms with Gasteiger partial charge in [0.15, 0.2) is 0 Å². The molecule has 0 aromatic heterocycles. The molecule has 0 radical (unpaired) electrons. The van der Waals surface area contributed by atoms with Crippen molar-refractivity contribution in [3.63, 3.8) is 0 Å². The Labute approximate surface area is 106 Å². The second-order valence-corrected chi connectivity index (χ2v) is 4.08. The number of benzene rings is 2. The third-order valence-corrected chi connectivity index (χ3v) is 2.75. The molecular weight excluding hydrogens is 227 g/mol. The maximum Gasteiger partial charge on any atom is 0.128 e. The predicted molar refractivity (Wildman–Crippen MR) is 69.6 cm³/mol. The summed E-state index contributed by atoms with van der Waals surface area (Å²) < 4.78 is 13.6. The highest BCUT2D eigenvalue weighted by Crippen LogP contribution is 2.21. The van der Waals surface area contributed by atoms with Gasteiger partial charge in [-0.25, -0.2) is 4.39 Å². The van der Waals surface area contributed by atoms with Gasteiger partial charge < -0.3 is 5.32 Å². The Balaban J connectivity index is 2.19. The maximum atomic E-state index is 13.6. The van der Waals surface area contributed by atoms with Crippen molar-refractivity contribution in [3.8, 4) is 6.07 Å². The van der Waals surface area contributed by atoms with E-state index in [9.17, 15) is 4.39 Å². The highest BCUT2D eigenvalue weighted by atomic mass is 19.1. The first-order chi connectivity index (χ1) is 8.70. The van der Waals surface area contributed by atoms with Crippen LogP contribution in [0.5, 0.6) is 0 Å². The fourth-order valence-corrected chi connectivity index (χ4v) is 1.83. The predicted octanol–water partition coefficient (Wildman–Crippen LogP) is 3.87. The van der Waals surface area contributed by atoms with E-state index in [0.29, 0.717) is 11.1 Å². The van der Waals surface area contributed by atoms with Crippen LogP contribution in [0.1, 0.15) is 24.1 Å². The van der Waals surface area contributed by atoms with Gasteiger partial charge in [-0.05, 0) is 31.2 Å². The molecule has 0 amide bonds. The van der Waals surface area contributed by atoms with E-state index < -0.39 is 0 Å². The highest BCUT2D eigenvalue weighted by molar-refractivity contribution is 5.50. The Morgan fingerprint density at radius 1 is 1.17 bits per heavy atom. The van der Waals surface area contributed by atoms with Crippen LogP contribution in [0.2, 0.25) is 0 Å². The van der Waals surface area contributed by atoms with Gasteiger partial charge >= 0.3 is 0 Å². The van der Waals surface area contributed by atoms with E-state index in [1.807, 2.05) is 19.1 Å². The normalized spacial score (nSPS) is 11.6. The molecule has 0 fully saturated rings. The van der Waals surface area contributed by atoms with Gasteiger partial charge in [0.05, 0.1) is 17.7 Å². The van der Waals surface area contributed by atoms with Gasteiger partial charge in [-0.15, -0.1) is 0 Å². The molecule has 90 valence electrons. The van der Waals surface area contributed by atoms with Crippen molar-refractivity contribution in [1.29, 1.82) is 5.26 Å². The van der Waals surface area contributed by atoms with Gasteiger partial charge in [-0.3, -0.25) is 0 Å². The van der Waals surface area contributed by atoms with E-state index in [2.05, 4.69) is 11.4 Å². The SMILES string of the molecule is C[C@@H](Nc1cccc(C#N)c1)c1ccccc1F. The summed E-state index contributed by atoms with van der Waals surface area (Å²) in [5.41, 5.74) is 2.00. The van der Waals surface area contributed by atoms with Crippen LogP contribution >= 0.6 is 0 Å². The number of hydrogen-bond acceptors (Lipinski definition) is 2. The number of halogens is 1. The van der Waals surface area contributed by atoms with E-state index in [-0.39, 0.29) is 11.9 Å².